The van der Waals surface area contributed by atoms with Crippen molar-refractivity contribution in [2.24, 2.45) is 0 Å². The van der Waals surface area contributed by atoms with Crippen LogP contribution in [-0.2, 0) is 9.53 Å². The van der Waals surface area contributed by atoms with Crippen LogP contribution in [0.2, 0.25) is 0 Å². The number of carbonyl (C=O) groups excluding carboxylic acids is 2. The highest BCUT2D eigenvalue weighted by molar-refractivity contribution is 9.10. The second kappa shape index (κ2) is 9.66. The van der Waals surface area contributed by atoms with Gasteiger partial charge in [-0.3, -0.25) is 4.79 Å². The number of methoxy groups -OCH3 is 3. The molecule has 1 aromatic carbocycles. The number of hydrogen-bond acceptors (Lipinski definition) is 6. The van der Waals surface area contributed by atoms with Gasteiger partial charge in [-0.1, -0.05) is 19.3 Å². The van der Waals surface area contributed by atoms with Gasteiger partial charge in [0, 0.05) is 6.04 Å². The fourth-order valence-corrected chi connectivity index (χ4v) is 3.61. The number of ether oxygens (including phenoxy) is 4. The zero-order chi connectivity index (χ0) is 19.1. The third-order valence-electron chi connectivity index (χ3n) is 4.29. The van der Waals surface area contributed by atoms with Gasteiger partial charge >= 0.3 is 5.97 Å². The van der Waals surface area contributed by atoms with Crippen molar-refractivity contribution in [1.29, 1.82) is 0 Å². The van der Waals surface area contributed by atoms with E-state index in [2.05, 4.69) is 21.2 Å². The number of rotatable bonds is 7. The molecule has 0 aromatic heterocycles. The fraction of sp³-hybridized carbons (Fsp3) is 0.556. The first-order valence-electron chi connectivity index (χ1n) is 8.46. The molecule has 1 N–H and O–H groups in total. The second-order valence-electron chi connectivity index (χ2n) is 5.99. The molecule has 8 heteroatoms. The summed E-state index contributed by atoms with van der Waals surface area (Å²) in [6.07, 6.45) is 5.37. The van der Waals surface area contributed by atoms with Gasteiger partial charge in [0.05, 0.1) is 31.4 Å². The first kappa shape index (κ1) is 20.4. The summed E-state index contributed by atoms with van der Waals surface area (Å²) in [6.45, 7) is -0.335. The van der Waals surface area contributed by atoms with E-state index in [1.807, 2.05) is 0 Å². The molecule has 26 heavy (non-hydrogen) atoms. The molecule has 144 valence electrons. The van der Waals surface area contributed by atoms with Gasteiger partial charge in [0.25, 0.3) is 5.91 Å². The van der Waals surface area contributed by atoms with E-state index in [4.69, 9.17) is 18.9 Å². The molecule has 0 heterocycles. The molecule has 1 fully saturated rings. The van der Waals surface area contributed by atoms with Gasteiger partial charge in [-0.15, -0.1) is 0 Å². The van der Waals surface area contributed by atoms with Crippen molar-refractivity contribution in [3.8, 4) is 17.2 Å². The fourth-order valence-electron chi connectivity index (χ4n) is 2.99. The highest BCUT2D eigenvalue weighted by Gasteiger charge is 2.24. The number of hydrogen-bond donors (Lipinski definition) is 1. The third kappa shape index (κ3) is 4.81. The molecule has 1 saturated carbocycles. The molecule has 0 spiro atoms. The molecule has 0 aliphatic heterocycles. The number of benzene rings is 1. The molecule has 0 saturated heterocycles. The minimum absolute atomic E-state index is 0.169. The Morgan fingerprint density at radius 3 is 2.31 bits per heavy atom. The monoisotopic (exact) mass is 429 g/mol. The normalized spacial score (nSPS) is 14.5. The lowest BCUT2D eigenvalue weighted by molar-refractivity contribution is -0.125. The molecular formula is C18H24BrNO6. The topological polar surface area (TPSA) is 83.1 Å². The standard InChI is InChI=1S/C18H24BrNO6/c1-23-13-9-12(15(19)17(25-3)16(13)24-2)18(22)26-10-14(21)20-11-7-5-4-6-8-11/h9,11H,4-8,10H2,1-3H3,(H,20,21). The molecule has 7 nitrogen and oxygen atoms in total. The first-order valence-corrected chi connectivity index (χ1v) is 9.26. The van der Waals surface area contributed by atoms with Gasteiger partial charge in [0.15, 0.2) is 18.1 Å². The summed E-state index contributed by atoms with van der Waals surface area (Å²) in [5.41, 5.74) is 0.185. The van der Waals surface area contributed by atoms with E-state index in [-0.39, 0.29) is 24.1 Å². The Labute approximate surface area is 161 Å². The molecule has 1 aliphatic carbocycles. The van der Waals surface area contributed by atoms with Crippen molar-refractivity contribution < 1.29 is 28.5 Å². The summed E-state index contributed by atoms with van der Waals surface area (Å²) in [7, 11) is 4.38. The largest absolute Gasteiger partial charge is 0.493 e. The van der Waals surface area contributed by atoms with Crippen molar-refractivity contribution in [2.75, 3.05) is 27.9 Å². The van der Waals surface area contributed by atoms with Crippen molar-refractivity contribution in [3.63, 3.8) is 0 Å². The highest BCUT2D eigenvalue weighted by Crippen LogP contribution is 2.44. The Balaban J connectivity index is 2.05. The molecule has 0 radical (unpaired) electrons. The van der Waals surface area contributed by atoms with Crippen LogP contribution >= 0.6 is 15.9 Å². The number of nitrogens with one attached hydrogen (secondary N) is 1. The number of halogens is 1. The van der Waals surface area contributed by atoms with Crippen LogP contribution in [0.15, 0.2) is 10.5 Å². The van der Waals surface area contributed by atoms with E-state index < -0.39 is 5.97 Å². The van der Waals surface area contributed by atoms with Gasteiger partial charge in [-0.25, -0.2) is 4.79 Å². The predicted molar refractivity (Wildman–Crippen MR) is 99.1 cm³/mol. The second-order valence-corrected chi connectivity index (χ2v) is 6.78. The third-order valence-corrected chi connectivity index (χ3v) is 5.08. The highest BCUT2D eigenvalue weighted by atomic mass is 79.9. The van der Waals surface area contributed by atoms with Crippen LogP contribution in [0.25, 0.3) is 0 Å². The van der Waals surface area contributed by atoms with Gasteiger partial charge in [0.1, 0.15) is 0 Å². The quantitative estimate of drug-likeness (QED) is 0.670. The Hall–Kier alpha value is -1.96. The number of esters is 1. The van der Waals surface area contributed by atoms with Crippen LogP contribution in [0.4, 0.5) is 0 Å². The average molecular weight is 430 g/mol. The summed E-state index contributed by atoms with van der Waals surface area (Å²) in [6, 6.07) is 1.65. The molecular weight excluding hydrogens is 406 g/mol. The molecule has 1 aromatic rings. The maximum atomic E-state index is 12.4. The van der Waals surface area contributed by atoms with E-state index in [0.29, 0.717) is 21.7 Å². The van der Waals surface area contributed by atoms with E-state index >= 15 is 0 Å². The minimum Gasteiger partial charge on any atom is -0.493 e. The van der Waals surface area contributed by atoms with Gasteiger partial charge in [-0.2, -0.15) is 0 Å². The summed E-state index contributed by atoms with van der Waals surface area (Å²) in [5, 5.41) is 2.91. The van der Waals surface area contributed by atoms with E-state index in [0.717, 1.165) is 25.7 Å². The maximum absolute atomic E-state index is 12.4. The number of carbonyl (C=O) groups is 2. The lowest BCUT2D eigenvalue weighted by Gasteiger charge is -2.22. The van der Waals surface area contributed by atoms with Crippen molar-refractivity contribution in [1.82, 2.24) is 5.32 Å². The van der Waals surface area contributed by atoms with Crippen LogP contribution in [0.5, 0.6) is 17.2 Å². The lowest BCUT2D eigenvalue weighted by Crippen LogP contribution is -2.38. The molecule has 0 atom stereocenters. The lowest BCUT2D eigenvalue weighted by atomic mass is 9.95. The van der Waals surface area contributed by atoms with Crippen LogP contribution in [0.3, 0.4) is 0 Å². The minimum atomic E-state index is -0.657. The molecule has 0 unspecified atom stereocenters. The van der Waals surface area contributed by atoms with Crippen molar-refractivity contribution in [3.05, 3.63) is 16.1 Å². The summed E-state index contributed by atoms with van der Waals surface area (Å²) < 4.78 is 21.3. The van der Waals surface area contributed by atoms with Crippen LogP contribution in [-0.4, -0.2) is 45.9 Å². The summed E-state index contributed by atoms with van der Waals surface area (Å²) in [4.78, 5) is 24.4. The Morgan fingerprint density at radius 2 is 1.73 bits per heavy atom. The first-order chi connectivity index (χ1) is 12.5. The summed E-state index contributed by atoms with van der Waals surface area (Å²) >= 11 is 3.32. The summed E-state index contributed by atoms with van der Waals surface area (Å²) in [5.74, 6) is 0.0359. The zero-order valence-corrected chi connectivity index (χ0v) is 16.8. The SMILES string of the molecule is COc1cc(C(=O)OCC(=O)NC2CCCCC2)c(Br)c(OC)c1OC. The Kier molecular flexibility index (Phi) is 7.56. The van der Waals surface area contributed by atoms with Crippen LogP contribution < -0.4 is 19.5 Å². The van der Waals surface area contributed by atoms with Gasteiger partial charge < -0.3 is 24.3 Å². The average Bonchev–Trinajstić information content (AvgIpc) is 2.66. The van der Waals surface area contributed by atoms with Gasteiger partial charge in [0.2, 0.25) is 5.75 Å². The zero-order valence-electron chi connectivity index (χ0n) is 15.2. The molecule has 2 rings (SSSR count). The van der Waals surface area contributed by atoms with E-state index in [1.54, 1.807) is 0 Å². The van der Waals surface area contributed by atoms with Crippen molar-refractivity contribution in [2.45, 2.75) is 38.1 Å². The number of amides is 1. The van der Waals surface area contributed by atoms with E-state index in [9.17, 15) is 9.59 Å². The Morgan fingerprint density at radius 1 is 1.08 bits per heavy atom. The maximum Gasteiger partial charge on any atom is 0.340 e. The van der Waals surface area contributed by atoms with Crippen LogP contribution in [0.1, 0.15) is 42.5 Å². The molecule has 1 aliphatic rings. The smallest absolute Gasteiger partial charge is 0.340 e. The Bertz CT molecular complexity index is 658. The molecule has 0 bridgehead atoms. The van der Waals surface area contributed by atoms with Gasteiger partial charge in [-0.05, 0) is 34.8 Å². The molecule has 1 amide bonds. The van der Waals surface area contributed by atoms with Crippen molar-refractivity contribution >= 4 is 27.8 Å². The predicted octanol–water partition coefficient (Wildman–Crippen LogP) is 3.08. The van der Waals surface area contributed by atoms with Crippen LogP contribution in [0, 0.1) is 0 Å². The van der Waals surface area contributed by atoms with E-state index in [1.165, 1.54) is 33.8 Å².